The number of nitrogens with zero attached hydrogens (tertiary/aromatic N) is 1. The molecular weight excluding hydrogens is 310 g/mol. The summed E-state index contributed by atoms with van der Waals surface area (Å²) in [6.07, 6.45) is 0. The van der Waals surface area contributed by atoms with Crippen LogP contribution in [0, 0.1) is 18.6 Å². The van der Waals surface area contributed by atoms with Crippen LogP contribution in [0.5, 0.6) is 0 Å². The van der Waals surface area contributed by atoms with Crippen molar-refractivity contribution in [3.63, 3.8) is 0 Å². The van der Waals surface area contributed by atoms with Gasteiger partial charge < -0.3 is 0 Å². The summed E-state index contributed by atoms with van der Waals surface area (Å²) in [6, 6.07) is 5.54. The highest BCUT2D eigenvalue weighted by molar-refractivity contribution is 7.92. The first kappa shape index (κ1) is 14.7. The number of hydrogen-bond acceptors (Lipinski definition) is 3. The number of hydrogen-bond donors (Lipinski definition) is 1. The average molecular weight is 319 g/mol. The van der Waals surface area contributed by atoms with Crippen molar-refractivity contribution in [2.45, 2.75) is 11.8 Å². The van der Waals surface area contributed by atoms with E-state index in [2.05, 4.69) is 9.71 Å². The lowest BCUT2D eigenvalue weighted by Gasteiger charge is -2.11. The second kappa shape index (κ2) is 5.34. The Morgan fingerprint density at radius 2 is 1.75 bits per heavy atom. The lowest BCUT2D eigenvalue weighted by atomic mass is 10.3. The summed E-state index contributed by atoms with van der Waals surface area (Å²) >= 11 is 5.65. The highest BCUT2D eigenvalue weighted by Gasteiger charge is 2.24. The minimum Gasteiger partial charge on any atom is -0.278 e. The Labute approximate surface area is 119 Å². The molecule has 1 aromatic heterocycles. The van der Waals surface area contributed by atoms with E-state index in [4.69, 9.17) is 11.6 Å². The van der Waals surface area contributed by atoms with Crippen LogP contribution in [-0.4, -0.2) is 13.4 Å². The second-order valence-electron chi connectivity index (χ2n) is 3.92. The third-order valence-corrected chi connectivity index (χ3v) is 4.11. The summed E-state index contributed by atoms with van der Waals surface area (Å²) in [5.74, 6) is -2.34. The molecule has 0 bridgehead atoms. The fourth-order valence-corrected chi connectivity index (χ4v) is 3.02. The highest BCUT2D eigenvalue weighted by Crippen LogP contribution is 2.23. The number of nitrogens with one attached hydrogen (secondary N) is 1. The summed E-state index contributed by atoms with van der Waals surface area (Å²) in [4.78, 5) is 2.81. The fraction of sp³-hybridized carbons (Fsp3) is 0.0833. The summed E-state index contributed by atoms with van der Waals surface area (Å²) in [5.41, 5.74) is 0.384. The maximum absolute atomic E-state index is 13.5. The first-order valence-electron chi connectivity index (χ1n) is 5.41. The Kier molecular flexibility index (Phi) is 3.92. The molecule has 106 valence electrons. The molecule has 0 spiro atoms. The molecule has 0 aliphatic heterocycles. The molecule has 0 amide bonds. The van der Waals surface area contributed by atoms with Crippen molar-refractivity contribution in [2.24, 2.45) is 0 Å². The van der Waals surface area contributed by atoms with E-state index in [0.717, 1.165) is 18.2 Å². The van der Waals surface area contributed by atoms with Crippen LogP contribution in [-0.2, 0) is 10.0 Å². The zero-order valence-corrected chi connectivity index (χ0v) is 11.8. The van der Waals surface area contributed by atoms with Crippen molar-refractivity contribution in [3.05, 3.63) is 52.8 Å². The quantitative estimate of drug-likeness (QED) is 0.885. The van der Waals surface area contributed by atoms with Crippen molar-refractivity contribution in [2.75, 3.05) is 4.72 Å². The number of aromatic nitrogens is 1. The van der Waals surface area contributed by atoms with Gasteiger partial charge in [-0.05, 0) is 31.2 Å². The van der Waals surface area contributed by atoms with Gasteiger partial charge in [0.2, 0.25) is 0 Å². The largest absolute Gasteiger partial charge is 0.278 e. The molecule has 0 aliphatic rings. The SMILES string of the molecule is Cc1nc(Cl)ccc1NS(=O)(=O)c1c(F)cccc1F. The van der Waals surface area contributed by atoms with E-state index in [-0.39, 0.29) is 16.5 Å². The minimum atomic E-state index is -4.39. The van der Waals surface area contributed by atoms with Crippen LogP contribution in [0.2, 0.25) is 5.15 Å². The number of rotatable bonds is 3. The van der Waals surface area contributed by atoms with E-state index < -0.39 is 26.6 Å². The number of sulfonamides is 1. The summed E-state index contributed by atoms with van der Waals surface area (Å²) in [7, 11) is -4.39. The molecule has 1 heterocycles. The number of halogens is 3. The first-order valence-corrected chi connectivity index (χ1v) is 7.27. The summed E-state index contributed by atoms with van der Waals surface area (Å²) in [5, 5.41) is 0.183. The zero-order chi connectivity index (χ0) is 14.9. The molecule has 0 unspecified atom stereocenters. The molecule has 20 heavy (non-hydrogen) atoms. The Morgan fingerprint density at radius 1 is 1.15 bits per heavy atom. The van der Waals surface area contributed by atoms with Gasteiger partial charge in [0.25, 0.3) is 10.0 Å². The van der Waals surface area contributed by atoms with E-state index in [9.17, 15) is 17.2 Å². The molecule has 0 aliphatic carbocycles. The Balaban J connectivity index is 2.46. The number of pyridine rings is 1. The zero-order valence-electron chi connectivity index (χ0n) is 10.2. The van der Waals surface area contributed by atoms with Gasteiger partial charge in [0.15, 0.2) is 4.90 Å². The van der Waals surface area contributed by atoms with Crippen LogP contribution in [0.15, 0.2) is 35.2 Å². The standard InChI is InChI=1S/C12H9ClF2N2O2S/c1-7-10(5-6-11(13)16-7)17-20(18,19)12-8(14)3-2-4-9(12)15/h2-6,17H,1H3. The van der Waals surface area contributed by atoms with Crippen molar-refractivity contribution in [1.29, 1.82) is 0 Å². The van der Waals surface area contributed by atoms with E-state index in [1.54, 1.807) is 0 Å². The number of aryl methyl sites for hydroxylation is 1. The maximum Gasteiger partial charge on any atom is 0.267 e. The molecule has 2 rings (SSSR count). The van der Waals surface area contributed by atoms with E-state index in [1.165, 1.54) is 19.1 Å². The molecule has 0 atom stereocenters. The van der Waals surface area contributed by atoms with Crippen molar-refractivity contribution < 1.29 is 17.2 Å². The minimum absolute atomic E-state index is 0.0945. The summed E-state index contributed by atoms with van der Waals surface area (Å²) in [6.45, 7) is 1.52. The van der Waals surface area contributed by atoms with E-state index >= 15 is 0 Å². The van der Waals surface area contributed by atoms with Crippen molar-refractivity contribution >= 4 is 27.3 Å². The molecular formula is C12H9ClF2N2O2S. The first-order chi connectivity index (χ1) is 9.31. The molecule has 0 saturated heterocycles. The van der Waals surface area contributed by atoms with Gasteiger partial charge in [-0.2, -0.15) is 0 Å². The van der Waals surface area contributed by atoms with Crippen LogP contribution in [0.4, 0.5) is 14.5 Å². The van der Waals surface area contributed by atoms with Gasteiger partial charge in [0, 0.05) is 0 Å². The van der Waals surface area contributed by atoms with E-state index in [1.807, 2.05) is 0 Å². The van der Waals surface area contributed by atoms with Crippen molar-refractivity contribution in [1.82, 2.24) is 4.98 Å². The normalized spacial score (nSPS) is 11.4. The van der Waals surface area contributed by atoms with Crippen LogP contribution in [0.3, 0.4) is 0 Å². The van der Waals surface area contributed by atoms with Gasteiger partial charge in [-0.1, -0.05) is 17.7 Å². The van der Waals surface area contributed by atoms with Crippen LogP contribution in [0.25, 0.3) is 0 Å². The van der Waals surface area contributed by atoms with Crippen LogP contribution < -0.4 is 4.72 Å². The Bertz CT molecular complexity index is 746. The molecule has 1 N–H and O–H groups in total. The van der Waals surface area contributed by atoms with Gasteiger partial charge in [0.1, 0.15) is 16.8 Å². The lowest BCUT2D eigenvalue weighted by molar-refractivity contribution is 0.521. The predicted octanol–water partition coefficient (Wildman–Crippen LogP) is 3.12. The van der Waals surface area contributed by atoms with Gasteiger partial charge in [-0.3, -0.25) is 4.72 Å². The average Bonchev–Trinajstić information content (AvgIpc) is 2.32. The van der Waals surface area contributed by atoms with Gasteiger partial charge >= 0.3 is 0 Å². The number of benzene rings is 1. The van der Waals surface area contributed by atoms with E-state index in [0.29, 0.717) is 0 Å². The van der Waals surface area contributed by atoms with Gasteiger partial charge in [-0.15, -0.1) is 0 Å². The van der Waals surface area contributed by atoms with Crippen LogP contribution in [0.1, 0.15) is 5.69 Å². The number of anilines is 1. The molecule has 0 saturated carbocycles. The molecule has 2 aromatic rings. The highest BCUT2D eigenvalue weighted by atomic mass is 35.5. The molecule has 0 radical (unpaired) electrons. The van der Waals surface area contributed by atoms with Gasteiger partial charge in [0.05, 0.1) is 11.4 Å². The molecule has 4 nitrogen and oxygen atoms in total. The molecule has 8 heteroatoms. The predicted molar refractivity (Wildman–Crippen MR) is 71.2 cm³/mol. The lowest BCUT2D eigenvalue weighted by Crippen LogP contribution is -2.17. The van der Waals surface area contributed by atoms with Crippen LogP contribution >= 0.6 is 11.6 Å². The fourth-order valence-electron chi connectivity index (χ4n) is 1.57. The monoisotopic (exact) mass is 318 g/mol. The maximum atomic E-state index is 13.5. The Morgan fingerprint density at radius 3 is 2.30 bits per heavy atom. The van der Waals surface area contributed by atoms with Gasteiger partial charge in [-0.25, -0.2) is 22.2 Å². The third-order valence-electron chi connectivity index (χ3n) is 2.48. The molecule has 0 fully saturated rings. The topological polar surface area (TPSA) is 59.1 Å². The smallest absolute Gasteiger partial charge is 0.267 e. The second-order valence-corrected chi connectivity index (χ2v) is 5.93. The Hall–Kier alpha value is -1.73. The van der Waals surface area contributed by atoms with Crippen molar-refractivity contribution in [3.8, 4) is 0 Å². The molecule has 1 aromatic carbocycles. The summed E-state index contributed by atoms with van der Waals surface area (Å²) < 4.78 is 53.2. The third kappa shape index (κ3) is 2.88.